The van der Waals surface area contributed by atoms with Crippen molar-refractivity contribution >= 4 is 46.4 Å². The Morgan fingerprint density at radius 2 is 1.88 bits per heavy atom. The zero-order valence-electron chi connectivity index (χ0n) is 13.4. The van der Waals surface area contributed by atoms with Crippen LogP contribution in [-0.2, 0) is 4.79 Å². The van der Waals surface area contributed by atoms with Gasteiger partial charge in [0.25, 0.3) is 5.91 Å². The van der Waals surface area contributed by atoms with Crippen molar-refractivity contribution in [2.75, 3.05) is 10.6 Å². The third-order valence-electron chi connectivity index (χ3n) is 3.19. The van der Waals surface area contributed by atoms with Crippen molar-refractivity contribution in [2.24, 2.45) is 5.73 Å². The molecule has 1 heterocycles. The van der Waals surface area contributed by atoms with E-state index in [1.807, 2.05) is 6.92 Å². The molecule has 132 valence electrons. The fraction of sp³-hybridized carbons (Fsp3) is 0.250. The second-order valence-electron chi connectivity index (χ2n) is 5.42. The molecule has 0 aliphatic rings. The Morgan fingerprint density at radius 3 is 2.44 bits per heavy atom. The summed E-state index contributed by atoms with van der Waals surface area (Å²) in [6.07, 6.45) is 5.04. The Bertz CT molecular complexity index is 745. The summed E-state index contributed by atoms with van der Waals surface area (Å²) in [6, 6.07) is 2.95. The quantitative estimate of drug-likeness (QED) is 0.711. The average molecular weight is 382 g/mol. The van der Waals surface area contributed by atoms with E-state index in [0.29, 0.717) is 12.1 Å². The number of nitrogens with zero attached hydrogens (tertiary/aromatic N) is 2. The zero-order chi connectivity index (χ0) is 18.4. The number of nitrogens with one attached hydrogen (secondary N) is 2. The van der Waals surface area contributed by atoms with Crippen LogP contribution in [0.2, 0.25) is 10.0 Å². The first-order chi connectivity index (χ1) is 11.9. The number of carbonyl (C=O) groups is 2. The first kappa shape index (κ1) is 19.1. The smallest absolute Gasteiger partial charge is 0.275 e. The molecule has 0 bridgehead atoms. The number of hydrogen-bond acceptors (Lipinski definition) is 5. The third kappa shape index (κ3) is 5.67. The van der Waals surface area contributed by atoms with Gasteiger partial charge in [0.05, 0.1) is 21.9 Å². The Hall–Kier alpha value is -2.22. The van der Waals surface area contributed by atoms with E-state index in [-0.39, 0.29) is 39.8 Å². The predicted molar refractivity (Wildman–Crippen MR) is 98.0 cm³/mol. The predicted octanol–water partition coefficient (Wildman–Crippen LogP) is 3.10. The van der Waals surface area contributed by atoms with Gasteiger partial charge in [0, 0.05) is 30.5 Å². The molecule has 0 aliphatic carbocycles. The number of nitrogens with two attached hydrogens (primary N) is 1. The van der Waals surface area contributed by atoms with Gasteiger partial charge in [-0.25, -0.2) is 4.98 Å². The minimum atomic E-state index is -0.495. The first-order valence-electron chi connectivity index (χ1n) is 7.48. The maximum absolute atomic E-state index is 12.1. The number of benzene rings is 1. The van der Waals surface area contributed by atoms with Gasteiger partial charge in [0.2, 0.25) is 5.91 Å². The number of aromatic nitrogens is 2. The van der Waals surface area contributed by atoms with E-state index in [9.17, 15) is 9.59 Å². The summed E-state index contributed by atoms with van der Waals surface area (Å²) >= 11 is 12.3. The molecule has 0 saturated heterocycles. The highest BCUT2D eigenvalue weighted by molar-refractivity contribution is 6.40. The van der Waals surface area contributed by atoms with Gasteiger partial charge in [-0.05, 0) is 25.5 Å². The van der Waals surface area contributed by atoms with Crippen molar-refractivity contribution in [3.63, 3.8) is 0 Å². The number of amides is 2. The van der Waals surface area contributed by atoms with Crippen LogP contribution in [-0.4, -0.2) is 27.8 Å². The van der Waals surface area contributed by atoms with Crippen molar-refractivity contribution in [1.29, 1.82) is 0 Å². The summed E-state index contributed by atoms with van der Waals surface area (Å²) in [6.45, 7) is 1.83. The van der Waals surface area contributed by atoms with Crippen LogP contribution in [0.25, 0.3) is 0 Å². The van der Waals surface area contributed by atoms with Crippen molar-refractivity contribution in [3.8, 4) is 0 Å². The summed E-state index contributed by atoms with van der Waals surface area (Å²) in [5.41, 5.74) is 6.41. The molecule has 4 N–H and O–H groups in total. The van der Waals surface area contributed by atoms with Gasteiger partial charge in [0.15, 0.2) is 0 Å². The zero-order valence-corrected chi connectivity index (χ0v) is 14.9. The third-order valence-corrected chi connectivity index (χ3v) is 3.78. The van der Waals surface area contributed by atoms with Crippen molar-refractivity contribution in [1.82, 2.24) is 9.97 Å². The van der Waals surface area contributed by atoms with Gasteiger partial charge in [-0.2, -0.15) is 0 Å². The lowest BCUT2D eigenvalue weighted by Crippen LogP contribution is -2.19. The second kappa shape index (κ2) is 8.75. The van der Waals surface area contributed by atoms with Crippen molar-refractivity contribution < 1.29 is 9.59 Å². The Kier molecular flexibility index (Phi) is 6.69. The van der Waals surface area contributed by atoms with Crippen molar-refractivity contribution in [3.05, 3.63) is 46.5 Å². The standard InChI is InChI=1S/C16H17Cl2N5O2/c1-9(19)2-3-14(24)22-10-6-11(17)15(12(18)7-10)23-16(25)13-8-20-4-5-21-13/h4-9H,2-3,19H2,1H3,(H,22,24)(H,23,25). The van der Waals surface area contributed by atoms with Crippen LogP contribution >= 0.6 is 23.2 Å². The van der Waals surface area contributed by atoms with Gasteiger partial charge in [-0.3, -0.25) is 14.6 Å². The lowest BCUT2D eigenvalue weighted by Gasteiger charge is -2.12. The fourth-order valence-electron chi connectivity index (χ4n) is 1.94. The molecule has 2 rings (SSSR count). The highest BCUT2D eigenvalue weighted by atomic mass is 35.5. The van der Waals surface area contributed by atoms with Crippen LogP contribution in [0.3, 0.4) is 0 Å². The summed E-state index contributed by atoms with van der Waals surface area (Å²) in [7, 11) is 0. The Labute approximate surface area is 154 Å². The Morgan fingerprint density at radius 1 is 1.20 bits per heavy atom. The molecule has 0 fully saturated rings. The second-order valence-corrected chi connectivity index (χ2v) is 6.24. The van der Waals surface area contributed by atoms with Crippen LogP contribution in [0.4, 0.5) is 11.4 Å². The van der Waals surface area contributed by atoms with Crippen LogP contribution < -0.4 is 16.4 Å². The van der Waals surface area contributed by atoms with Crippen LogP contribution in [0.15, 0.2) is 30.7 Å². The molecule has 0 spiro atoms. The molecule has 9 heteroatoms. The molecule has 25 heavy (non-hydrogen) atoms. The number of hydrogen-bond donors (Lipinski definition) is 3. The molecule has 2 amide bonds. The van der Waals surface area contributed by atoms with Gasteiger partial charge < -0.3 is 16.4 Å². The first-order valence-corrected chi connectivity index (χ1v) is 8.24. The van der Waals surface area contributed by atoms with Gasteiger partial charge in [0.1, 0.15) is 5.69 Å². The number of carbonyl (C=O) groups excluding carboxylic acids is 2. The molecule has 1 atom stereocenters. The molecule has 1 aromatic carbocycles. The maximum Gasteiger partial charge on any atom is 0.275 e. The number of halogens is 2. The summed E-state index contributed by atoms with van der Waals surface area (Å²) < 4.78 is 0. The topological polar surface area (TPSA) is 110 Å². The highest BCUT2D eigenvalue weighted by Crippen LogP contribution is 2.34. The number of anilines is 2. The van der Waals surface area contributed by atoms with E-state index < -0.39 is 5.91 Å². The van der Waals surface area contributed by atoms with E-state index in [1.165, 1.54) is 30.7 Å². The van der Waals surface area contributed by atoms with E-state index in [0.717, 1.165) is 0 Å². The lowest BCUT2D eigenvalue weighted by molar-refractivity contribution is -0.116. The Balaban J connectivity index is 2.09. The maximum atomic E-state index is 12.1. The SMILES string of the molecule is CC(N)CCC(=O)Nc1cc(Cl)c(NC(=O)c2cnccn2)c(Cl)c1. The lowest BCUT2D eigenvalue weighted by atomic mass is 10.2. The van der Waals surface area contributed by atoms with E-state index in [2.05, 4.69) is 20.6 Å². The molecule has 7 nitrogen and oxygen atoms in total. The van der Waals surface area contributed by atoms with Gasteiger partial charge in [-0.15, -0.1) is 0 Å². The van der Waals surface area contributed by atoms with Crippen LogP contribution in [0.1, 0.15) is 30.3 Å². The van der Waals surface area contributed by atoms with Crippen molar-refractivity contribution in [2.45, 2.75) is 25.8 Å². The van der Waals surface area contributed by atoms with Crippen LogP contribution in [0, 0.1) is 0 Å². The molecule has 0 saturated carbocycles. The monoisotopic (exact) mass is 381 g/mol. The van der Waals surface area contributed by atoms with E-state index in [4.69, 9.17) is 28.9 Å². The summed E-state index contributed by atoms with van der Waals surface area (Å²) in [5, 5.41) is 5.65. The molecular weight excluding hydrogens is 365 g/mol. The summed E-state index contributed by atoms with van der Waals surface area (Å²) in [5.74, 6) is -0.689. The normalized spacial score (nSPS) is 11.7. The van der Waals surface area contributed by atoms with E-state index in [1.54, 1.807) is 0 Å². The molecular formula is C16H17Cl2N5O2. The molecule has 0 aliphatic heterocycles. The average Bonchev–Trinajstić information content (AvgIpc) is 2.57. The largest absolute Gasteiger partial charge is 0.328 e. The molecule has 1 unspecified atom stereocenters. The molecule has 0 radical (unpaired) electrons. The van der Waals surface area contributed by atoms with Gasteiger partial charge in [-0.1, -0.05) is 23.2 Å². The van der Waals surface area contributed by atoms with Gasteiger partial charge >= 0.3 is 0 Å². The fourth-order valence-corrected chi connectivity index (χ4v) is 2.52. The molecule has 1 aromatic heterocycles. The minimum absolute atomic E-state index is 0.0587. The number of rotatable bonds is 6. The highest BCUT2D eigenvalue weighted by Gasteiger charge is 2.15. The van der Waals surface area contributed by atoms with Crippen LogP contribution in [0.5, 0.6) is 0 Å². The summed E-state index contributed by atoms with van der Waals surface area (Å²) in [4.78, 5) is 31.7. The minimum Gasteiger partial charge on any atom is -0.328 e. The van der Waals surface area contributed by atoms with E-state index >= 15 is 0 Å². The molecule has 2 aromatic rings.